The number of amides is 1. The Labute approximate surface area is 121 Å². The van der Waals surface area contributed by atoms with Crippen molar-refractivity contribution in [2.45, 2.75) is 57.2 Å². The largest absolute Gasteiger partial charge is 0.444 e. The topological polar surface area (TPSA) is 44.8 Å². The van der Waals surface area contributed by atoms with E-state index in [9.17, 15) is 4.79 Å². The Bertz CT molecular complexity index is 385. The normalized spacial score (nSPS) is 29.8. The van der Waals surface area contributed by atoms with Crippen molar-refractivity contribution in [2.75, 3.05) is 32.7 Å². The summed E-state index contributed by atoms with van der Waals surface area (Å²) in [4.78, 5) is 16.5. The van der Waals surface area contributed by atoms with Gasteiger partial charge in [-0.3, -0.25) is 4.90 Å². The predicted octanol–water partition coefficient (Wildman–Crippen LogP) is 1.43. The van der Waals surface area contributed by atoms with Gasteiger partial charge in [-0.25, -0.2) is 4.79 Å². The molecule has 0 saturated carbocycles. The van der Waals surface area contributed by atoms with Crippen LogP contribution in [-0.4, -0.2) is 65.8 Å². The van der Waals surface area contributed by atoms with Crippen LogP contribution in [-0.2, 0) is 4.74 Å². The van der Waals surface area contributed by atoms with Crippen LogP contribution in [0.3, 0.4) is 0 Å². The number of likely N-dealkylation sites (tertiary alicyclic amines) is 1. The van der Waals surface area contributed by atoms with E-state index in [-0.39, 0.29) is 11.6 Å². The first-order valence-corrected chi connectivity index (χ1v) is 7.84. The van der Waals surface area contributed by atoms with Gasteiger partial charge in [-0.15, -0.1) is 0 Å². The fourth-order valence-corrected chi connectivity index (χ4v) is 3.63. The number of nitrogens with one attached hydrogen (secondary N) is 1. The number of carbonyl (C=O) groups excluding carboxylic acids is 1. The van der Waals surface area contributed by atoms with Gasteiger partial charge in [-0.2, -0.15) is 0 Å². The SMILES string of the molecule is CC(C)(C)OC(=O)N1CC2(C1)CN1CCCC[C@H]1CN2. The van der Waals surface area contributed by atoms with Gasteiger partial charge < -0.3 is 15.0 Å². The molecule has 0 aromatic heterocycles. The van der Waals surface area contributed by atoms with Crippen molar-refractivity contribution in [2.24, 2.45) is 0 Å². The summed E-state index contributed by atoms with van der Waals surface area (Å²) in [6.07, 6.45) is 3.83. The number of piperidine rings is 1. The quantitative estimate of drug-likeness (QED) is 0.729. The molecule has 1 amide bonds. The molecule has 3 rings (SSSR count). The average Bonchev–Trinajstić information content (AvgIpc) is 2.33. The molecule has 5 heteroatoms. The van der Waals surface area contributed by atoms with E-state index >= 15 is 0 Å². The molecule has 114 valence electrons. The fourth-order valence-electron chi connectivity index (χ4n) is 3.63. The Morgan fingerprint density at radius 1 is 1.25 bits per heavy atom. The van der Waals surface area contributed by atoms with Gasteiger partial charge in [0, 0.05) is 32.2 Å². The van der Waals surface area contributed by atoms with Crippen LogP contribution in [0.25, 0.3) is 0 Å². The summed E-state index contributed by atoms with van der Waals surface area (Å²) in [5, 5.41) is 3.69. The first kappa shape index (κ1) is 14.1. The highest BCUT2D eigenvalue weighted by atomic mass is 16.6. The summed E-state index contributed by atoms with van der Waals surface area (Å²) in [6, 6.07) is 0.713. The van der Waals surface area contributed by atoms with Crippen LogP contribution >= 0.6 is 0 Å². The van der Waals surface area contributed by atoms with E-state index in [0.29, 0.717) is 6.04 Å². The van der Waals surface area contributed by atoms with Gasteiger partial charge in [0.05, 0.1) is 5.54 Å². The third-order valence-electron chi connectivity index (χ3n) is 4.61. The third kappa shape index (κ3) is 2.79. The van der Waals surface area contributed by atoms with Crippen LogP contribution < -0.4 is 5.32 Å². The number of fused-ring (bicyclic) bond motifs is 1. The van der Waals surface area contributed by atoms with Gasteiger partial charge >= 0.3 is 6.09 Å². The lowest BCUT2D eigenvalue weighted by atomic mass is 9.84. The van der Waals surface area contributed by atoms with E-state index in [2.05, 4.69) is 10.2 Å². The minimum atomic E-state index is -0.405. The standard InChI is InChI=1S/C15H27N3O2/c1-14(2,3)20-13(19)18-10-15(11-18)9-17-7-5-4-6-12(17)8-16-15/h12,16H,4-11H2,1-3H3/t12-/m0/s1. The lowest BCUT2D eigenvalue weighted by Crippen LogP contribution is -2.78. The Morgan fingerprint density at radius 3 is 2.70 bits per heavy atom. The molecule has 3 heterocycles. The molecule has 3 aliphatic rings. The zero-order chi connectivity index (χ0) is 14.4. The van der Waals surface area contributed by atoms with Crippen LogP contribution in [0.5, 0.6) is 0 Å². The van der Waals surface area contributed by atoms with Crippen LogP contribution in [0.2, 0.25) is 0 Å². The second kappa shape index (κ2) is 4.88. The van der Waals surface area contributed by atoms with Gasteiger partial charge in [0.2, 0.25) is 0 Å². The first-order valence-electron chi connectivity index (χ1n) is 7.84. The first-order chi connectivity index (χ1) is 9.37. The minimum absolute atomic E-state index is 0.116. The fraction of sp³-hybridized carbons (Fsp3) is 0.933. The van der Waals surface area contributed by atoms with Crippen molar-refractivity contribution in [3.63, 3.8) is 0 Å². The Kier molecular flexibility index (Phi) is 3.45. The van der Waals surface area contributed by atoms with Gasteiger partial charge in [-0.1, -0.05) is 6.42 Å². The molecule has 5 nitrogen and oxygen atoms in total. The van der Waals surface area contributed by atoms with Crippen molar-refractivity contribution in [3.05, 3.63) is 0 Å². The molecule has 0 aliphatic carbocycles. The van der Waals surface area contributed by atoms with E-state index in [1.165, 1.54) is 25.8 Å². The lowest BCUT2D eigenvalue weighted by Gasteiger charge is -2.57. The smallest absolute Gasteiger partial charge is 0.410 e. The number of carbonyl (C=O) groups is 1. The van der Waals surface area contributed by atoms with Crippen LogP contribution in [0.15, 0.2) is 0 Å². The summed E-state index contributed by atoms with van der Waals surface area (Å²) >= 11 is 0. The Hall–Kier alpha value is -0.810. The number of hydrogen-bond donors (Lipinski definition) is 1. The summed E-state index contributed by atoms with van der Waals surface area (Å²) < 4.78 is 5.43. The molecule has 1 atom stereocenters. The molecule has 0 unspecified atom stereocenters. The monoisotopic (exact) mass is 281 g/mol. The maximum absolute atomic E-state index is 12.0. The number of hydrogen-bond acceptors (Lipinski definition) is 4. The van der Waals surface area contributed by atoms with Crippen molar-refractivity contribution < 1.29 is 9.53 Å². The molecule has 0 radical (unpaired) electrons. The van der Waals surface area contributed by atoms with Crippen molar-refractivity contribution in [3.8, 4) is 0 Å². The molecule has 3 fully saturated rings. The zero-order valence-corrected chi connectivity index (χ0v) is 12.9. The molecule has 0 bridgehead atoms. The minimum Gasteiger partial charge on any atom is -0.444 e. The van der Waals surface area contributed by atoms with Crippen LogP contribution in [0, 0.1) is 0 Å². The molecule has 1 N–H and O–H groups in total. The van der Waals surface area contributed by atoms with Gasteiger partial charge in [0.25, 0.3) is 0 Å². The third-order valence-corrected chi connectivity index (χ3v) is 4.61. The van der Waals surface area contributed by atoms with E-state index in [4.69, 9.17) is 4.74 Å². The molecule has 0 aromatic carbocycles. The molecule has 3 aliphatic heterocycles. The van der Waals surface area contributed by atoms with Crippen LogP contribution in [0.4, 0.5) is 4.79 Å². The molecular formula is C15H27N3O2. The second-order valence-electron chi connectivity index (χ2n) is 7.62. The number of rotatable bonds is 0. The molecule has 3 saturated heterocycles. The van der Waals surface area contributed by atoms with Crippen LogP contribution in [0.1, 0.15) is 40.0 Å². The van der Waals surface area contributed by atoms with E-state index in [0.717, 1.165) is 26.2 Å². The van der Waals surface area contributed by atoms with E-state index in [1.54, 1.807) is 0 Å². The van der Waals surface area contributed by atoms with E-state index < -0.39 is 5.60 Å². The summed E-state index contributed by atoms with van der Waals surface area (Å²) in [6.45, 7) is 10.7. The average molecular weight is 281 g/mol. The Morgan fingerprint density at radius 2 is 2.00 bits per heavy atom. The number of piperazine rings is 1. The zero-order valence-electron chi connectivity index (χ0n) is 12.9. The highest BCUT2D eigenvalue weighted by Crippen LogP contribution is 2.30. The van der Waals surface area contributed by atoms with Crippen molar-refractivity contribution >= 4 is 6.09 Å². The summed E-state index contributed by atoms with van der Waals surface area (Å²) in [7, 11) is 0. The lowest BCUT2D eigenvalue weighted by molar-refractivity contribution is -0.0501. The highest BCUT2D eigenvalue weighted by Gasteiger charge is 2.50. The van der Waals surface area contributed by atoms with E-state index in [1.807, 2.05) is 25.7 Å². The Balaban J connectivity index is 1.53. The maximum Gasteiger partial charge on any atom is 0.410 e. The number of ether oxygens (including phenoxy) is 1. The maximum atomic E-state index is 12.0. The van der Waals surface area contributed by atoms with Gasteiger partial charge in [0.1, 0.15) is 5.60 Å². The van der Waals surface area contributed by atoms with Crippen molar-refractivity contribution in [1.29, 1.82) is 0 Å². The predicted molar refractivity (Wildman–Crippen MR) is 77.8 cm³/mol. The molecule has 20 heavy (non-hydrogen) atoms. The summed E-state index contributed by atoms with van der Waals surface area (Å²) in [5.41, 5.74) is -0.289. The van der Waals surface area contributed by atoms with Crippen molar-refractivity contribution in [1.82, 2.24) is 15.1 Å². The molecular weight excluding hydrogens is 254 g/mol. The highest BCUT2D eigenvalue weighted by molar-refractivity contribution is 5.70. The summed E-state index contributed by atoms with van der Waals surface area (Å²) in [5.74, 6) is 0. The van der Waals surface area contributed by atoms with Gasteiger partial charge in [-0.05, 0) is 40.2 Å². The molecule has 0 aromatic rings. The van der Waals surface area contributed by atoms with Gasteiger partial charge in [0.15, 0.2) is 0 Å². The number of nitrogens with zero attached hydrogens (tertiary/aromatic N) is 2. The molecule has 1 spiro atoms. The second-order valence-corrected chi connectivity index (χ2v) is 7.62.